The molecule has 0 atom stereocenters. The molecule has 1 aromatic carbocycles. The maximum atomic E-state index is 10.4. The summed E-state index contributed by atoms with van der Waals surface area (Å²) in [6, 6.07) is 5.85. The van der Waals surface area contributed by atoms with Crippen LogP contribution >= 0.6 is 0 Å². The number of piperidine rings is 1. The van der Waals surface area contributed by atoms with Gasteiger partial charge in [-0.05, 0) is 43.6 Å². The number of aromatic hydroxyl groups is 1. The van der Waals surface area contributed by atoms with Gasteiger partial charge < -0.3 is 15.3 Å². The zero-order chi connectivity index (χ0) is 17.9. The number of rotatable bonds is 4. The van der Waals surface area contributed by atoms with Gasteiger partial charge in [-0.15, -0.1) is 10.2 Å². The molecule has 26 heavy (non-hydrogen) atoms. The minimum Gasteiger partial charge on any atom is -0.507 e. The van der Waals surface area contributed by atoms with Crippen LogP contribution in [0.2, 0.25) is 0 Å². The molecule has 0 aliphatic carbocycles. The average Bonchev–Trinajstić information content (AvgIpc) is 3.23. The van der Waals surface area contributed by atoms with Gasteiger partial charge in [0.15, 0.2) is 0 Å². The van der Waals surface area contributed by atoms with E-state index in [1.165, 1.54) is 0 Å². The zero-order valence-corrected chi connectivity index (χ0v) is 14.6. The summed E-state index contributed by atoms with van der Waals surface area (Å²) in [5.41, 5.74) is 2.94. The number of aromatic nitrogens is 5. The van der Waals surface area contributed by atoms with Crippen LogP contribution in [0.5, 0.6) is 5.75 Å². The lowest BCUT2D eigenvalue weighted by atomic mass is 10.0. The Morgan fingerprint density at radius 3 is 2.62 bits per heavy atom. The fraction of sp³-hybridized carbons (Fsp3) is 0.333. The van der Waals surface area contributed by atoms with Gasteiger partial charge in [0.1, 0.15) is 11.4 Å². The first kappa shape index (κ1) is 16.5. The topological polar surface area (TPSA) is 103 Å². The Labute approximate surface area is 151 Å². The Bertz CT molecular complexity index is 858. The van der Waals surface area contributed by atoms with E-state index in [0.29, 0.717) is 23.2 Å². The Hall–Kier alpha value is -3.00. The quantitative estimate of drug-likeness (QED) is 0.659. The third-order valence-electron chi connectivity index (χ3n) is 4.83. The van der Waals surface area contributed by atoms with E-state index in [-0.39, 0.29) is 5.75 Å². The van der Waals surface area contributed by atoms with Gasteiger partial charge in [-0.3, -0.25) is 5.10 Å². The molecule has 0 radical (unpaired) electrons. The van der Waals surface area contributed by atoms with Crippen LogP contribution in [0.1, 0.15) is 12.8 Å². The molecule has 1 aliphatic rings. The highest BCUT2D eigenvalue weighted by atomic mass is 16.3. The van der Waals surface area contributed by atoms with Crippen molar-refractivity contribution in [3.05, 3.63) is 36.8 Å². The molecule has 1 fully saturated rings. The Balaban J connectivity index is 1.55. The number of H-pyrrole nitrogens is 1. The molecule has 4 rings (SSSR count). The van der Waals surface area contributed by atoms with Crippen molar-refractivity contribution in [2.24, 2.45) is 0 Å². The molecule has 0 spiro atoms. The van der Waals surface area contributed by atoms with Crippen molar-refractivity contribution in [2.45, 2.75) is 18.9 Å². The van der Waals surface area contributed by atoms with E-state index in [2.05, 4.69) is 35.6 Å². The minimum absolute atomic E-state index is 0.138. The third-order valence-corrected chi connectivity index (χ3v) is 4.83. The summed E-state index contributed by atoms with van der Waals surface area (Å²) in [5.74, 6) is 0.745. The molecular weight excluding hydrogens is 330 g/mol. The van der Waals surface area contributed by atoms with E-state index in [1.807, 2.05) is 19.2 Å². The molecule has 3 heterocycles. The number of benzene rings is 1. The van der Waals surface area contributed by atoms with Gasteiger partial charge in [-0.25, -0.2) is 4.98 Å². The van der Waals surface area contributed by atoms with Gasteiger partial charge >= 0.3 is 0 Å². The first-order valence-corrected chi connectivity index (χ1v) is 8.68. The third kappa shape index (κ3) is 3.23. The summed E-state index contributed by atoms with van der Waals surface area (Å²) in [7, 11) is 2.00. The van der Waals surface area contributed by atoms with Crippen molar-refractivity contribution >= 4 is 5.95 Å². The second-order valence-corrected chi connectivity index (χ2v) is 6.45. The summed E-state index contributed by atoms with van der Waals surface area (Å²) in [6.45, 7) is 2.02. The summed E-state index contributed by atoms with van der Waals surface area (Å²) in [4.78, 5) is 6.53. The molecule has 1 saturated heterocycles. The second kappa shape index (κ2) is 7.09. The Morgan fingerprint density at radius 1 is 1.12 bits per heavy atom. The molecule has 134 valence electrons. The fourth-order valence-electron chi connectivity index (χ4n) is 3.25. The van der Waals surface area contributed by atoms with E-state index < -0.39 is 0 Å². The predicted molar refractivity (Wildman–Crippen MR) is 98.8 cm³/mol. The standard InChI is InChI=1S/C18H21N7O/c1-25(14-4-6-19-7-5-14)18-20-11-16(23-24-18)15-3-2-12(8-17(15)26)13-9-21-22-10-13/h2-3,8-11,14,19,26H,4-7H2,1H3,(H,21,22). The molecule has 8 heteroatoms. The fourth-order valence-corrected chi connectivity index (χ4v) is 3.25. The van der Waals surface area contributed by atoms with E-state index in [1.54, 1.807) is 24.7 Å². The maximum Gasteiger partial charge on any atom is 0.245 e. The first-order valence-electron chi connectivity index (χ1n) is 8.68. The minimum atomic E-state index is 0.138. The Kier molecular flexibility index (Phi) is 4.49. The van der Waals surface area contributed by atoms with Crippen LogP contribution in [0.4, 0.5) is 5.95 Å². The van der Waals surface area contributed by atoms with Crippen LogP contribution < -0.4 is 10.2 Å². The highest BCUT2D eigenvalue weighted by molar-refractivity contribution is 5.73. The van der Waals surface area contributed by atoms with Crippen molar-refractivity contribution in [3.63, 3.8) is 0 Å². The molecular formula is C18H21N7O. The van der Waals surface area contributed by atoms with Crippen LogP contribution in [-0.4, -0.2) is 56.7 Å². The van der Waals surface area contributed by atoms with Gasteiger partial charge in [0.25, 0.3) is 0 Å². The van der Waals surface area contributed by atoms with E-state index >= 15 is 0 Å². The number of anilines is 1. The highest BCUT2D eigenvalue weighted by Crippen LogP contribution is 2.32. The van der Waals surface area contributed by atoms with Crippen molar-refractivity contribution in [1.82, 2.24) is 30.7 Å². The highest BCUT2D eigenvalue weighted by Gasteiger charge is 2.20. The molecule has 0 amide bonds. The van der Waals surface area contributed by atoms with Gasteiger partial charge in [0.05, 0.1) is 12.4 Å². The first-order chi connectivity index (χ1) is 12.7. The van der Waals surface area contributed by atoms with Gasteiger partial charge in [-0.2, -0.15) is 5.10 Å². The maximum absolute atomic E-state index is 10.4. The average molecular weight is 351 g/mol. The molecule has 2 aromatic heterocycles. The largest absolute Gasteiger partial charge is 0.507 e. The monoisotopic (exact) mass is 351 g/mol. The number of phenols is 1. The van der Waals surface area contributed by atoms with Gasteiger partial charge in [0.2, 0.25) is 5.95 Å². The van der Waals surface area contributed by atoms with E-state index in [4.69, 9.17) is 0 Å². The van der Waals surface area contributed by atoms with Crippen LogP contribution in [0.3, 0.4) is 0 Å². The normalized spacial score (nSPS) is 15.1. The van der Waals surface area contributed by atoms with Crippen molar-refractivity contribution in [1.29, 1.82) is 0 Å². The lowest BCUT2D eigenvalue weighted by molar-refractivity contribution is 0.439. The summed E-state index contributed by atoms with van der Waals surface area (Å²) < 4.78 is 0. The van der Waals surface area contributed by atoms with Crippen LogP contribution in [0.25, 0.3) is 22.4 Å². The number of aromatic amines is 1. The molecule has 3 aromatic rings. The summed E-state index contributed by atoms with van der Waals surface area (Å²) in [6.07, 6.45) is 7.28. The molecule has 0 saturated carbocycles. The summed E-state index contributed by atoms with van der Waals surface area (Å²) in [5, 5.41) is 29.0. The van der Waals surface area contributed by atoms with Crippen LogP contribution in [0, 0.1) is 0 Å². The smallest absolute Gasteiger partial charge is 0.245 e. The lowest BCUT2D eigenvalue weighted by Crippen LogP contribution is -2.41. The molecule has 0 bridgehead atoms. The van der Waals surface area contributed by atoms with Crippen molar-refractivity contribution in [2.75, 3.05) is 25.0 Å². The number of hydrogen-bond acceptors (Lipinski definition) is 7. The van der Waals surface area contributed by atoms with Crippen molar-refractivity contribution < 1.29 is 5.11 Å². The molecule has 3 N–H and O–H groups in total. The molecule has 1 aliphatic heterocycles. The SMILES string of the molecule is CN(c1ncc(-c2ccc(-c3cn[nH]c3)cc2O)nn1)C1CCNCC1. The van der Waals surface area contributed by atoms with Crippen LogP contribution in [-0.2, 0) is 0 Å². The lowest BCUT2D eigenvalue weighted by Gasteiger charge is -2.31. The van der Waals surface area contributed by atoms with E-state index in [0.717, 1.165) is 37.1 Å². The van der Waals surface area contributed by atoms with Gasteiger partial charge in [0, 0.05) is 30.4 Å². The summed E-state index contributed by atoms with van der Waals surface area (Å²) >= 11 is 0. The Morgan fingerprint density at radius 2 is 1.96 bits per heavy atom. The zero-order valence-electron chi connectivity index (χ0n) is 14.6. The van der Waals surface area contributed by atoms with Crippen molar-refractivity contribution in [3.8, 4) is 28.1 Å². The van der Waals surface area contributed by atoms with Gasteiger partial charge in [-0.1, -0.05) is 6.07 Å². The number of nitrogens with zero attached hydrogens (tertiary/aromatic N) is 5. The second-order valence-electron chi connectivity index (χ2n) is 6.45. The number of hydrogen-bond donors (Lipinski definition) is 3. The van der Waals surface area contributed by atoms with Crippen LogP contribution in [0.15, 0.2) is 36.8 Å². The number of phenolic OH excluding ortho intramolecular Hbond substituents is 1. The van der Waals surface area contributed by atoms with E-state index in [9.17, 15) is 5.11 Å². The molecule has 8 nitrogen and oxygen atoms in total. The predicted octanol–water partition coefficient (Wildman–Crippen LogP) is 1.82. The molecule has 0 unspecified atom stereocenters. The number of nitrogens with one attached hydrogen (secondary N) is 2.